The number of hydrogen-bond acceptors (Lipinski definition) is 2. The highest BCUT2D eigenvalue weighted by molar-refractivity contribution is 6.34. The SMILES string of the molecule is CNC1(C)CCN(Cc2cc(Cl)cc(Cl)c2)CC1. The van der Waals surface area contributed by atoms with Gasteiger partial charge in [-0.3, -0.25) is 4.90 Å². The van der Waals surface area contributed by atoms with E-state index in [0.29, 0.717) is 5.54 Å². The first-order valence-electron chi connectivity index (χ1n) is 6.37. The van der Waals surface area contributed by atoms with Crippen LogP contribution >= 0.6 is 23.2 Å². The third-order valence-electron chi connectivity index (χ3n) is 3.89. The molecule has 1 aromatic rings. The number of nitrogens with zero attached hydrogens (tertiary/aromatic N) is 1. The molecule has 1 aromatic carbocycles. The Morgan fingerprint density at radius 1 is 1.17 bits per heavy atom. The van der Waals surface area contributed by atoms with E-state index in [1.165, 1.54) is 18.4 Å². The highest BCUT2D eigenvalue weighted by Crippen LogP contribution is 2.24. The second kappa shape index (κ2) is 5.79. The standard InChI is InChI=1S/C14H20Cl2N2/c1-14(17-2)3-5-18(6-4-14)10-11-7-12(15)9-13(16)8-11/h7-9,17H,3-6,10H2,1-2H3. The summed E-state index contributed by atoms with van der Waals surface area (Å²) < 4.78 is 0. The lowest BCUT2D eigenvalue weighted by atomic mass is 9.90. The maximum absolute atomic E-state index is 6.02. The summed E-state index contributed by atoms with van der Waals surface area (Å²) in [6.07, 6.45) is 2.36. The lowest BCUT2D eigenvalue weighted by Crippen LogP contribution is -2.49. The predicted octanol–water partition coefficient (Wildman–Crippen LogP) is 3.57. The maximum atomic E-state index is 6.02. The average Bonchev–Trinajstić information content (AvgIpc) is 2.31. The average molecular weight is 287 g/mol. The summed E-state index contributed by atoms with van der Waals surface area (Å²) >= 11 is 12.0. The molecule has 0 aliphatic carbocycles. The van der Waals surface area contributed by atoms with Gasteiger partial charge in [0.25, 0.3) is 0 Å². The molecular formula is C14H20Cl2N2. The zero-order valence-corrected chi connectivity index (χ0v) is 12.5. The van der Waals surface area contributed by atoms with Gasteiger partial charge in [0.15, 0.2) is 0 Å². The molecule has 1 heterocycles. The van der Waals surface area contributed by atoms with Crippen molar-refractivity contribution in [1.82, 2.24) is 10.2 Å². The molecule has 0 spiro atoms. The van der Waals surface area contributed by atoms with Gasteiger partial charge < -0.3 is 5.32 Å². The highest BCUT2D eigenvalue weighted by Gasteiger charge is 2.27. The fraction of sp³-hybridized carbons (Fsp3) is 0.571. The number of benzene rings is 1. The molecule has 1 fully saturated rings. The third-order valence-corrected chi connectivity index (χ3v) is 4.33. The van der Waals surface area contributed by atoms with Crippen LogP contribution in [0.2, 0.25) is 10.0 Å². The van der Waals surface area contributed by atoms with Gasteiger partial charge in [0, 0.05) is 35.2 Å². The number of likely N-dealkylation sites (tertiary alicyclic amines) is 1. The van der Waals surface area contributed by atoms with Crippen molar-refractivity contribution >= 4 is 23.2 Å². The lowest BCUT2D eigenvalue weighted by molar-refractivity contribution is 0.146. The molecule has 0 saturated carbocycles. The van der Waals surface area contributed by atoms with Gasteiger partial charge in [0.1, 0.15) is 0 Å². The van der Waals surface area contributed by atoms with Crippen LogP contribution in [0.1, 0.15) is 25.3 Å². The van der Waals surface area contributed by atoms with Crippen molar-refractivity contribution in [1.29, 1.82) is 0 Å². The van der Waals surface area contributed by atoms with Crippen molar-refractivity contribution in [3.05, 3.63) is 33.8 Å². The Morgan fingerprint density at radius 2 is 1.72 bits per heavy atom. The third kappa shape index (κ3) is 3.61. The van der Waals surface area contributed by atoms with E-state index >= 15 is 0 Å². The second-order valence-electron chi connectivity index (χ2n) is 5.36. The molecule has 0 bridgehead atoms. The topological polar surface area (TPSA) is 15.3 Å². The Balaban J connectivity index is 1.95. The van der Waals surface area contributed by atoms with Crippen molar-refractivity contribution in [2.24, 2.45) is 0 Å². The van der Waals surface area contributed by atoms with Gasteiger partial charge in [-0.05, 0) is 50.6 Å². The first-order chi connectivity index (χ1) is 8.50. The zero-order chi connectivity index (χ0) is 13.2. The second-order valence-corrected chi connectivity index (χ2v) is 6.24. The minimum absolute atomic E-state index is 0.294. The maximum Gasteiger partial charge on any atom is 0.0424 e. The highest BCUT2D eigenvalue weighted by atomic mass is 35.5. The lowest BCUT2D eigenvalue weighted by Gasteiger charge is -2.39. The summed E-state index contributed by atoms with van der Waals surface area (Å²) in [6, 6.07) is 5.78. The summed E-state index contributed by atoms with van der Waals surface area (Å²) in [5, 5.41) is 4.85. The molecule has 4 heteroatoms. The van der Waals surface area contributed by atoms with Crippen LogP contribution < -0.4 is 5.32 Å². The molecule has 2 nitrogen and oxygen atoms in total. The van der Waals surface area contributed by atoms with Gasteiger partial charge in [0.2, 0.25) is 0 Å². The van der Waals surface area contributed by atoms with Crippen molar-refractivity contribution in [3.63, 3.8) is 0 Å². The summed E-state index contributed by atoms with van der Waals surface area (Å²) in [5.41, 5.74) is 1.49. The van der Waals surface area contributed by atoms with Gasteiger partial charge in [-0.1, -0.05) is 23.2 Å². The summed E-state index contributed by atoms with van der Waals surface area (Å²) in [4.78, 5) is 2.46. The Labute approximate surface area is 119 Å². The van der Waals surface area contributed by atoms with Crippen LogP contribution in [0.5, 0.6) is 0 Å². The minimum Gasteiger partial charge on any atom is -0.314 e. The number of halogens is 2. The molecule has 0 aromatic heterocycles. The fourth-order valence-corrected chi connectivity index (χ4v) is 2.99. The molecule has 18 heavy (non-hydrogen) atoms. The Hall–Kier alpha value is -0.280. The predicted molar refractivity (Wildman–Crippen MR) is 78.4 cm³/mol. The molecular weight excluding hydrogens is 267 g/mol. The molecule has 100 valence electrons. The number of nitrogens with one attached hydrogen (secondary N) is 1. The van der Waals surface area contributed by atoms with Gasteiger partial charge in [-0.25, -0.2) is 0 Å². The fourth-order valence-electron chi connectivity index (χ4n) is 2.42. The molecule has 0 unspecified atom stereocenters. The number of hydrogen-bond donors (Lipinski definition) is 1. The summed E-state index contributed by atoms with van der Waals surface area (Å²) in [5.74, 6) is 0. The molecule has 1 aliphatic rings. The van der Waals surface area contributed by atoms with E-state index in [4.69, 9.17) is 23.2 Å². The van der Waals surface area contributed by atoms with Crippen molar-refractivity contribution in [2.45, 2.75) is 31.8 Å². The van der Waals surface area contributed by atoms with Gasteiger partial charge in [0.05, 0.1) is 0 Å². The van der Waals surface area contributed by atoms with E-state index in [-0.39, 0.29) is 0 Å². The first-order valence-corrected chi connectivity index (χ1v) is 7.13. The Bertz CT molecular complexity index is 392. The zero-order valence-electron chi connectivity index (χ0n) is 11.0. The van der Waals surface area contributed by atoms with Crippen LogP contribution in [0.4, 0.5) is 0 Å². The van der Waals surface area contributed by atoms with Crippen LogP contribution in [0.3, 0.4) is 0 Å². The number of piperidine rings is 1. The van der Waals surface area contributed by atoms with Crippen LogP contribution in [0.25, 0.3) is 0 Å². The normalized spacial score (nSPS) is 20.0. The first kappa shape index (κ1) is 14.1. The van der Waals surface area contributed by atoms with Crippen molar-refractivity contribution < 1.29 is 0 Å². The van der Waals surface area contributed by atoms with E-state index in [9.17, 15) is 0 Å². The molecule has 2 rings (SSSR count). The Kier molecular flexibility index (Phi) is 4.54. The van der Waals surface area contributed by atoms with Gasteiger partial charge >= 0.3 is 0 Å². The molecule has 1 aliphatic heterocycles. The van der Waals surface area contributed by atoms with E-state index in [1.54, 1.807) is 6.07 Å². The van der Waals surface area contributed by atoms with Gasteiger partial charge in [-0.2, -0.15) is 0 Å². The monoisotopic (exact) mass is 286 g/mol. The van der Waals surface area contributed by atoms with Crippen LogP contribution in [-0.4, -0.2) is 30.6 Å². The molecule has 1 saturated heterocycles. The quantitative estimate of drug-likeness (QED) is 0.914. The van der Waals surface area contributed by atoms with Crippen molar-refractivity contribution in [3.8, 4) is 0 Å². The van der Waals surface area contributed by atoms with Crippen LogP contribution in [0.15, 0.2) is 18.2 Å². The Morgan fingerprint density at radius 3 is 2.22 bits per heavy atom. The summed E-state index contributed by atoms with van der Waals surface area (Å²) in [6.45, 7) is 5.45. The molecule has 0 amide bonds. The number of rotatable bonds is 3. The largest absolute Gasteiger partial charge is 0.314 e. The molecule has 1 N–H and O–H groups in total. The van der Waals surface area contributed by atoms with Gasteiger partial charge in [-0.15, -0.1) is 0 Å². The van der Waals surface area contributed by atoms with E-state index < -0.39 is 0 Å². The van der Waals surface area contributed by atoms with Crippen LogP contribution in [0, 0.1) is 0 Å². The molecule has 0 radical (unpaired) electrons. The van der Waals surface area contributed by atoms with E-state index in [0.717, 1.165) is 29.7 Å². The molecule has 0 atom stereocenters. The minimum atomic E-state index is 0.294. The summed E-state index contributed by atoms with van der Waals surface area (Å²) in [7, 11) is 2.05. The van der Waals surface area contributed by atoms with E-state index in [1.807, 2.05) is 19.2 Å². The van der Waals surface area contributed by atoms with E-state index in [2.05, 4.69) is 17.1 Å². The van der Waals surface area contributed by atoms with Crippen molar-refractivity contribution in [2.75, 3.05) is 20.1 Å². The smallest absolute Gasteiger partial charge is 0.0424 e. The van der Waals surface area contributed by atoms with Crippen LogP contribution in [-0.2, 0) is 6.54 Å².